The third kappa shape index (κ3) is 3.33. The number of fused-ring (bicyclic) bond motifs is 2. The zero-order valence-corrected chi connectivity index (χ0v) is 18.3. The molecule has 7 nitrogen and oxygen atoms in total. The van der Waals surface area contributed by atoms with Gasteiger partial charge in [0.15, 0.2) is 5.76 Å². The third-order valence-electron chi connectivity index (χ3n) is 8.42. The molecular weight excluding hydrogens is 396 g/mol. The molecule has 1 amide bonds. The first-order chi connectivity index (χ1) is 14.9. The Morgan fingerprint density at radius 3 is 2.77 bits per heavy atom. The summed E-state index contributed by atoms with van der Waals surface area (Å²) in [6.45, 7) is 7.55. The van der Waals surface area contributed by atoms with Crippen LogP contribution in [0.1, 0.15) is 43.7 Å². The van der Waals surface area contributed by atoms with Crippen LogP contribution in [0.2, 0.25) is 0 Å². The van der Waals surface area contributed by atoms with Crippen LogP contribution in [0.4, 0.5) is 0 Å². The van der Waals surface area contributed by atoms with Crippen LogP contribution < -0.4 is 0 Å². The molecule has 2 aliphatic heterocycles. The number of aliphatic hydroxyl groups excluding tert-OH is 1. The Bertz CT molecular complexity index is 873. The topological polar surface area (TPSA) is 83.2 Å². The Balaban J connectivity index is 1.26. The molecular formula is C24H32N2O5. The van der Waals surface area contributed by atoms with E-state index in [2.05, 4.69) is 24.8 Å². The first kappa shape index (κ1) is 20.8. The molecule has 168 valence electrons. The summed E-state index contributed by atoms with van der Waals surface area (Å²) in [7, 11) is 0. The maximum Gasteiger partial charge on any atom is 0.311 e. The normalized spacial score (nSPS) is 38.3. The molecule has 7 heteroatoms. The van der Waals surface area contributed by atoms with Crippen molar-refractivity contribution in [1.82, 2.24) is 9.80 Å². The highest BCUT2D eigenvalue weighted by molar-refractivity contribution is 5.91. The van der Waals surface area contributed by atoms with Crippen molar-refractivity contribution >= 4 is 11.9 Å². The molecule has 2 saturated heterocycles. The van der Waals surface area contributed by atoms with Crippen molar-refractivity contribution < 1.29 is 23.8 Å². The first-order valence-electron chi connectivity index (χ1n) is 11.5. The Morgan fingerprint density at radius 1 is 1.29 bits per heavy atom. The quantitative estimate of drug-likeness (QED) is 0.588. The molecule has 31 heavy (non-hydrogen) atoms. The monoisotopic (exact) mass is 428 g/mol. The van der Waals surface area contributed by atoms with Gasteiger partial charge in [0.1, 0.15) is 6.10 Å². The fraction of sp³-hybridized carbons (Fsp3) is 0.667. The molecule has 0 spiro atoms. The fourth-order valence-electron chi connectivity index (χ4n) is 6.24. The lowest BCUT2D eigenvalue weighted by Gasteiger charge is -2.52. The fourth-order valence-corrected chi connectivity index (χ4v) is 6.24. The molecule has 2 aliphatic carbocycles. The van der Waals surface area contributed by atoms with Gasteiger partial charge in [0.05, 0.1) is 18.3 Å². The molecule has 1 aromatic heterocycles. The summed E-state index contributed by atoms with van der Waals surface area (Å²) in [4.78, 5) is 29.3. The van der Waals surface area contributed by atoms with Gasteiger partial charge in [-0.05, 0) is 30.9 Å². The van der Waals surface area contributed by atoms with Gasteiger partial charge in [0, 0.05) is 50.5 Å². The summed E-state index contributed by atoms with van der Waals surface area (Å²) in [5.41, 5.74) is 0.985. The molecule has 0 bridgehead atoms. The van der Waals surface area contributed by atoms with Crippen molar-refractivity contribution in [2.75, 3.05) is 32.7 Å². The van der Waals surface area contributed by atoms with Crippen molar-refractivity contribution in [2.45, 2.75) is 45.3 Å². The lowest BCUT2D eigenvalue weighted by molar-refractivity contribution is -0.145. The Labute approximate surface area is 183 Å². The number of carbonyl (C=O) groups excluding carboxylic acids is 2. The van der Waals surface area contributed by atoms with Gasteiger partial charge in [-0.1, -0.05) is 25.5 Å². The standard InChI is InChI=1S/C24H32N2O5/c1-15-5-3-6-16-13-19-20(21(27)24(15,16)2)17(23(29)31-19)14-25-8-10-26(11-9-25)22(28)18-7-4-12-30-18/h4,6-7,12,15,17,19-21,27H,3,5,8-11,13-14H2,1-2H3/t15-,17+,19-,20-,21+,24-/m1/s1. The average Bonchev–Trinajstić information content (AvgIpc) is 3.39. The van der Waals surface area contributed by atoms with Gasteiger partial charge in [0.2, 0.25) is 0 Å². The molecule has 0 radical (unpaired) electrons. The average molecular weight is 429 g/mol. The van der Waals surface area contributed by atoms with E-state index >= 15 is 0 Å². The van der Waals surface area contributed by atoms with E-state index in [9.17, 15) is 14.7 Å². The van der Waals surface area contributed by atoms with E-state index in [1.807, 2.05) is 0 Å². The van der Waals surface area contributed by atoms with Crippen molar-refractivity contribution in [3.05, 3.63) is 35.8 Å². The van der Waals surface area contributed by atoms with Crippen LogP contribution >= 0.6 is 0 Å². The zero-order valence-electron chi connectivity index (χ0n) is 18.3. The summed E-state index contributed by atoms with van der Waals surface area (Å²) in [5, 5.41) is 11.5. The summed E-state index contributed by atoms with van der Waals surface area (Å²) < 4.78 is 11.0. The molecule has 0 aromatic carbocycles. The second kappa shape index (κ2) is 7.78. The highest BCUT2D eigenvalue weighted by Gasteiger charge is 2.59. The van der Waals surface area contributed by atoms with Crippen LogP contribution in [0.15, 0.2) is 34.5 Å². The number of piperazine rings is 1. The summed E-state index contributed by atoms with van der Waals surface area (Å²) >= 11 is 0. The number of rotatable bonds is 3. The van der Waals surface area contributed by atoms with Crippen LogP contribution in [-0.4, -0.2) is 71.7 Å². The number of aliphatic hydroxyl groups is 1. The molecule has 1 aromatic rings. The highest BCUT2D eigenvalue weighted by Crippen LogP contribution is 2.56. The summed E-state index contributed by atoms with van der Waals surface area (Å²) in [5.74, 6) is -0.0154. The van der Waals surface area contributed by atoms with Gasteiger partial charge < -0.3 is 19.2 Å². The van der Waals surface area contributed by atoms with E-state index in [4.69, 9.17) is 9.15 Å². The number of allylic oxidation sites excluding steroid dienone is 1. The Hall–Kier alpha value is -2.12. The predicted molar refractivity (Wildman–Crippen MR) is 113 cm³/mol. The third-order valence-corrected chi connectivity index (χ3v) is 8.42. The van der Waals surface area contributed by atoms with Crippen LogP contribution in [0.3, 0.4) is 0 Å². The lowest BCUT2D eigenvalue weighted by Crippen LogP contribution is -2.55. The van der Waals surface area contributed by atoms with Crippen molar-refractivity contribution in [1.29, 1.82) is 0 Å². The maximum atomic E-state index is 12.8. The molecule has 6 atom stereocenters. The van der Waals surface area contributed by atoms with E-state index in [-0.39, 0.29) is 35.2 Å². The molecule has 4 aliphatic rings. The zero-order chi connectivity index (χ0) is 21.8. The van der Waals surface area contributed by atoms with Crippen molar-refractivity contribution in [3.63, 3.8) is 0 Å². The van der Waals surface area contributed by atoms with Crippen molar-refractivity contribution in [3.8, 4) is 0 Å². The predicted octanol–water partition coefficient (Wildman–Crippen LogP) is 2.32. The summed E-state index contributed by atoms with van der Waals surface area (Å²) in [6, 6.07) is 3.40. The maximum absolute atomic E-state index is 12.8. The second-order valence-electron chi connectivity index (χ2n) is 9.87. The largest absolute Gasteiger partial charge is 0.461 e. The summed E-state index contributed by atoms with van der Waals surface area (Å²) in [6.07, 6.45) is 5.82. The second-order valence-corrected chi connectivity index (χ2v) is 9.87. The van der Waals surface area contributed by atoms with Gasteiger partial charge in [-0.2, -0.15) is 0 Å². The van der Waals surface area contributed by atoms with E-state index in [1.165, 1.54) is 11.8 Å². The van der Waals surface area contributed by atoms with Gasteiger partial charge >= 0.3 is 5.97 Å². The number of carbonyl (C=O) groups is 2. The number of hydrogen-bond donors (Lipinski definition) is 1. The highest BCUT2D eigenvalue weighted by atomic mass is 16.6. The van der Waals surface area contributed by atoms with E-state index in [1.54, 1.807) is 17.0 Å². The molecule has 1 saturated carbocycles. The van der Waals surface area contributed by atoms with Crippen LogP contribution in [0.5, 0.6) is 0 Å². The van der Waals surface area contributed by atoms with Crippen molar-refractivity contribution in [2.24, 2.45) is 23.2 Å². The van der Waals surface area contributed by atoms with E-state index in [0.717, 1.165) is 19.3 Å². The van der Waals surface area contributed by atoms with Gasteiger partial charge in [0.25, 0.3) is 5.91 Å². The number of nitrogens with zero attached hydrogens (tertiary/aromatic N) is 2. The SMILES string of the molecule is C[C@@H]1CCC=C2C[C@H]3OC(=O)[C@@H](CN4CCN(C(=O)c5ccco5)CC4)[C@H]3[C@H](O)[C@@]21C. The van der Waals surface area contributed by atoms with Crippen LogP contribution in [0.25, 0.3) is 0 Å². The van der Waals surface area contributed by atoms with Crippen LogP contribution in [0, 0.1) is 23.2 Å². The Kier molecular flexibility index (Phi) is 5.21. The molecule has 3 heterocycles. The number of ether oxygens (including phenoxy) is 1. The number of amides is 1. The van der Waals surface area contributed by atoms with Gasteiger partial charge in [-0.15, -0.1) is 0 Å². The lowest BCUT2D eigenvalue weighted by atomic mass is 9.55. The molecule has 3 fully saturated rings. The number of hydrogen-bond acceptors (Lipinski definition) is 6. The number of esters is 1. The molecule has 0 unspecified atom stereocenters. The smallest absolute Gasteiger partial charge is 0.311 e. The first-order valence-corrected chi connectivity index (χ1v) is 11.5. The Morgan fingerprint density at radius 2 is 2.06 bits per heavy atom. The van der Waals surface area contributed by atoms with E-state index < -0.39 is 6.10 Å². The molecule has 1 N–H and O–H groups in total. The molecule has 5 rings (SSSR count). The van der Waals surface area contributed by atoms with Gasteiger partial charge in [-0.25, -0.2) is 0 Å². The van der Waals surface area contributed by atoms with Crippen LogP contribution in [-0.2, 0) is 9.53 Å². The minimum absolute atomic E-state index is 0.0915. The minimum atomic E-state index is -0.578. The number of furan rings is 1. The van der Waals surface area contributed by atoms with E-state index in [0.29, 0.717) is 44.4 Å². The van der Waals surface area contributed by atoms with Gasteiger partial charge in [-0.3, -0.25) is 14.5 Å². The minimum Gasteiger partial charge on any atom is -0.461 e.